The third-order valence-electron chi connectivity index (χ3n) is 5.21. The van der Waals surface area contributed by atoms with Gasteiger partial charge in [0.05, 0.1) is 31.0 Å². The van der Waals surface area contributed by atoms with E-state index in [4.69, 9.17) is 25.8 Å². The minimum absolute atomic E-state index is 0.201. The van der Waals surface area contributed by atoms with E-state index < -0.39 is 18.0 Å². The number of rotatable bonds is 7. The van der Waals surface area contributed by atoms with Crippen molar-refractivity contribution in [2.45, 2.75) is 13.0 Å². The topological polar surface area (TPSA) is 85.9 Å². The molecular weight excluding hydrogens is 456 g/mol. The van der Waals surface area contributed by atoms with Crippen LogP contribution in [0.15, 0.2) is 78.4 Å². The fourth-order valence-electron chi connectivity index (χ4n) is 3.60. The smallest absolute Gasteiger partial charge is 0.338 e. The van der Waals surface area contributed by atoms with Gasteiger partial charge in [-0.15, -0.1) is 0 Å². The van der Waals surface area contributed by atoms with Gasteiger partial charge in [-0.2, -0.15) is 0 Å². The standard InChI is InChI=1S/C26H23ClN2O5/c1-3-33-25(30)22-23(16-4-10-19(32-2)11-5-16)28-26(31)29-24(22)17-6-12-20(13-7-17)34-21-14-8-18(27)9-15-21/h4-15,24H,3H2,1-2H3,(H2,28,29,31). The van der Waals surface area contributed by atoms with Crippen LogP contribution in [0.2, 0.25) is 5.02 Å². The second-order valence-electron chi connectivity index (χ2n) is 7.39. The van der Waals surface area contributed by atoms with Crippen molar-refractivity contribution in [3.63, 3.8) is 0 Å². The average molecular weight is 479 g/mol. The Bertz CT molecular complexity index is 1210. The van der Waals surface area contributed by atoms with Crippen LogP contribution in [0.25, 0.3) is 5.70 Å². The lowest BCUT2D eigenvalue weighted by molar-refractivity contribution is -0.138. The Morgan fingerprint density at radius 2 is 1.50 bits per heavy atom. The largest absolute Gasteiger partial charge is 0.497 e. The lowest BCUT2D eigenvalue weighted by atomic mass is 9.92. The second-order valence-corrected chi connectivity index (χ2v) is 7.83. The highest BCUT2D eigenvalue weighted by atomic mass is 35.5. The van der Waals surface area contributed by atoms with Gasteiger partial charge in [0.15, 0.2) is 0 Å². The molecule has 0 fully saturated rings. The van der Waals surface area contributed by atoms with Gasteiger partial charge in [-0.25, -0.2) is 9.59 Å². The van der Waals surface area contributed by atoms with Crippen molar-refractivity contribution in [1.82, 2.24) is 10.6 Å². The Labute approximate surface area is 202 Å². The van der Waals surface area contributed by atoms with Crippen LogP contribution in [-0.4, -0.2) is 25.7 Å². The monoisotopic (exact) mass is 478 g/mol. The van der Waals surface area contributed by atoms with Crippen LogP contribution in [0.1, 0.15) is 24.1 Å². The summed E-state index contributed by atoms with van der Waals surface area (Å²) in [6, 6.07) is 20.1. The van der Waals surface area contributed by atoms with E-state index in [1.807, 2.05) is 0 Å². The summed E-state index contributed by atoms with van der Waals surface area (Å²) in [5, 5.41) is 6.21. The van der Waals surface area contributed by atoms with Crippen LogP contribution in [0.4, 0.5) is 4.79 Å². The lowest BCUT2D eigenvalue weighted by Crippen LogP contribution is -2.45. The molecule has 0 saturated carbocycles. The summed E-state index contributed by atoms with van der Waals surface area (Å²) >= 11 is 5.92. The molecule has 174 valence electrons. The molecule has 1 aliphatic heterocycles. The van der Waals surface area contributed by atoms with Gasteiger partial charge in [-0.05, 0) is 78.7 Å². The molecule has 8 heteroatoms. The Morgan fingerprint density at radius 1 is 0.912 bits per heavy atom. The van der Waals surface area contributed by atoms with Crippen molar-refractivity contribution < 1.29 is 23.8 Å². The maximum Gasteiger partial charge on any atom is 0.338 e. The zero-order chi connectivity index (χ0) is 24.1. The highest BCUT2D eigenvalue weighted by molar-refractivity contribution is 6.30. The van der Waals surface area contributed by atoms with Gasteiger partial charge in [0.2, 0.25) is 0 Å². The van der Waals surface area contributed by atoms with Gasteiger partial charge in [0.1, 0.15) is 17.2 Å². The Balaban J connectivity index is 1.69. The fourth-order valence-corrected chi connectivity index (χ4v) is 3.72. The van der Waals surface area contributed by atoms with Crippen molar-refractivity contribution in [2.24, 2.45) is 0 Å². The molecule has 1 heterocycles. The van der Waals surface area contributed by atoms with Crippen molar-refractivity contribution in [3.8, 4) is 17.2 Å². The molecular formula is C26H23ClN2O5. The molecule has 7 nitrogen and oxygen atoms in total. The van der Waals surface area contributed by atoms with Crippen LogP contribution in [0.3, 0.4) is 0 Å². The van der Waals surface area contributed by atoms with E-state index in [-0.39, 0.29) is 6.61 Å². The minimum Gasteiger partial charge on any atom is -0.497 e. The summed E-state index contributed by atoms with van der Waals surface area (Å²) < 4.78 is 16.4. The Kier molecular flexibility index (Phi) is 7.04. The molecule has 2 amide bonds. The van der Waals surface area contributed by atoms with Crippen molar-refractivity contribution in [1.29, 1.82) is 0 Å². The third-order valence-corrected chi connectivity index (χ3v) is 5.46. The quantitative estimate of drug-likeness (QED) is 0.440. The van der Waals surface area contributed by atoms with E-state index in [2.05, 4.69) is 10.6 Å². The summed E-state index contributed by atoms with van der Waals surface area (Å²) in [7, 11) is 1.57. The molecule has 0 radical (unpaired) electrons. The number of benzene rings is 3. The van der Waals surface area contributed by atoms with Crippen LogP contribution < -0.4 is 20.1 Å². The van der Waals surface area contributed by atoms with E-state index in [9.17, 15) is 9.59 Å². The molecule has 3 aromatic carbocycles. The predicted molar refractivity (Wildman–Crippen MR) is 129 cm³/mol. The van der Waals surface area contributed by atoms with Crippen LogP contribution in [-0.2, 0) is 9.53 Å². The first-order valence-electron chi connectivity index (χ1n) is 10.6. The highest BCUT2D eigenvalue weighted by Gasteiger charge is 2.34. The molecule has 3 aromatic rings. The number of amides is 2. The molecule has 0 bridgehead atoms. The van der Waals surface area contributed by atoms with Gasteiger partial charge in [-0.1, -0.05) is 23.7 Å². The number of ether oxygens (including phenoxy) is 3. The van der Waals surface area contributed by atoms with E-state index in [1.165, 1.54) is 0 Å². The van der Waals surface area contributed by atoms with Gasteiger partial charge < -0.3 is 24.8 Å². The zero-order valence-electron chi connectivity index (χ0n) is 18.6. The Hall–Kier alpha value is -3.97. The molecule has 0 saturated heterocycles. The summed E-state index contributed by atoms with van der Waals surface area (Å²) in [5.74, 6) is 1.38. The van der Waals surface area contributed by atoms with E-state index in [0.29, 0.717) is 44.7 Å². The molecule has 2 N–H and O–H groups in total. The molecule has 1 unspecified atom stereocenters. The highest BCUT2D eigenvalue weighted by Crippen LogP contribution is 2.34. The SMILES string of the molecule is CCOC(=O)C1=C(c2ccc(OC)cc2)NC(=O)NC1c1ccc(Oc2ccc(Cl)cc2)cc1. The van der Waals surface area contributed by atoms with Crippen LogP contribution in [0.5, 0.6) is 17.2 Å². The average Bonchev–Trinajstić information content (AvgIpc) is 2.85. The van der Waals surface area contributed by atoms with Crippen molar-refractivity contribution in [3.05, 3.63) is 94.5 Å². The Morgan fingerprint density at radius 3 is 2.09 bits per heavy atom. The van der Waals surface area contributed by atoms with E-state index in [0.717, 1.165) is 0 Å². The van der Waals surface area contributed by atoms with Crippen molar-refractivity contribution >= 4 is 29.3 Å². The molecule has 1 aliphatic rings. The van der Waals surface area contributed by atoms with Crippen LogP contribution in [0, 0.1) is 0 Å². The first kappa shape index (κ1) is 23.2. The lowest BCUT2D eigenvalue weighted by Gasteiger charge is -2.29. The maximum absolute atomic E-state index is 13.0. The van der Waals surface area contributed by atoms with Crippen LogP contribution >= 0.6 is 11.6 Å². The zero-order valence-corrected chi connectivity index (χ0v) is 19.4. The normalized spacial score (nSPS) is 15.3. The first-order chi connectivity index (χ1) is 16.5. The molecule has 4 rings (SSSR count). The number of hydrogen-bond donors (Lipinski definition) is 2. The number of carbonyl (C=O) groups is 2. The van der Waals surface area contributed by atoms with E-state index >= 15 is 0 Å². The summed E-state index contributed by atoms with van der Waals surface area (Å²) in [5.41, 5.74) is 2.05. The first-order valence-corrected chi connectivity index (χ1v) is 11.0. The van der Waals surface area contributed by atoms with Gasteiger partial charge >= 0.3 is 12.0 Å². The minimum atomic E-state index is -0.713. The maximum atomic E-state index is 13.0. The second kappa shape index (κ2) is 10.3. The number of hydrogen-bond acceptors (Lipinski definition) is 5. The molecule has 1 atom stereocenters. The fraction of sp³-hybridized carbons (Fsp3) is 0.154. The number of carbonyl (C=O) groups excluding carboxylic acids is 2. The summed E-state index contributed by atoms with van der Waals surface area (Å²) in [6.07, 6.45) is 0. The predicted octanol–water partition coefficient (Wildman–Crippen LogP) is 5.47. The van der Waals surface area contributed by atoms with Gasteiger partial charge in [0.25, 0.3) is 0 Å². The molecule has 0 spiro atoms. The number of methoxy groups -OCH3 is 1. The van der Waals surface area contributed by atoms with Gasteiger partial charge in [-0.3, -0.25) is 0 Å². The van der Waals surface area contributed by atoms with E-state index in [1.54, 1.807) is 86.8 Å². The molecule has 34 heavy (non-hydrogen) atoms. The van der Waals surface area contributed by atoms with Gasteiger partial charge in [0, 0.05) is 5.02 Å². The number of esters is 1. The third kappa shape index (κ3) is 5.15. The number of nitrogens with one attached hydrogen (secondary N) is 2. The number of urea groups is 1. The number of halogens is 1. The summed E-state index contributed by atoms with van der Waals surface area (Å²) in [6.45, 7) is 1.94. The molecule has 0 aromatic heterocycles. The molecule has 0 aliphatic carbocycles. The summed E-state index contributed by atoms with van der Waals surface area (Å²) in [4.78, 5) is 25.5. The van der Waals surface area contributed by atoms with Crippen molar-refractivity contribution in [2.75, 3.05) is 13.7 Å².